The van der Waals surface area contributed by atoms with Crippen LogP contribution in [0.1, 0.15) is 6.92 Å². The van der Waals surface area contributed by atoms with Crippen LogP contribution >= 0.6 is 23.2 Å². The van der Waals surface area contributed by atoms with Crippen molar-refractivity contribution in [3.63, 3.8) is 0 Å². The molecule has 0 aromatic rings. The maximum absolute atomic E-state index is 10.4. The molecule has 0 saturated heterocycles. The van der Waals surface area contributed by atoms with Gasteiger partial charge in [-0.05, 0) is 36.2 Å². The second-order valence-electron chi connectivity index (χ2n) is 1.79. The molecule has 0 aromatic heterocycles. The zero-order chi connectivity index (χ0) is 8.85. The molecule has 0 rings (SSSR count). The van der Waals surface area contributed by atoms with E-state index in [1.54, 1.807) is 6.92 Å². The highest BCUT2D eigenvalue weighted by Crippen LogP contribution is 1.98. The maximum Gasteiger partial charge on any atom is 0.248 e. The summed E-state index contributed by atoms with van der Waals surface area (Å²) >= 11 is 10.1. The van der Waals surface area contributed by atoms with Gasteiger partial charge in [-0.25, -0.2) is 0 Å². The van der Waals surface area contributed by atoms with Crippen LogP contribution in [0.15, 0.2) is 23.8 Å². The molecule has 2 nitrogen and oxygen atoms in total. The molecule has 0 saturated carbocycles. The van der Waals surface area contributed by atoms with Gasteiger partial charge in [0, 0.05) is 5.57 Å². The van der Waals surface area contributed by atoms with Gasteiger partial charge in [0.25, 0.3) is 0 Å². The SMILES string of the molecule is CC(=CC=CC(=O)Cl)C(=O)Cl. The van der Waals surface area contributed by atoms with Crippen molar-refractivity contribution >= 4 is 33.7 Å². The van der Waals surface area contributed by atoms with Crippen molar-refractivity contribution < 1.29 is 9.59 Å². The standard InChI is InChI=1S/C7H6Cl2O2/c1-5(7(9)11)3-2-4-6(8)10/h2-4H,1H3. The van der Waals surface area contributed by atoms with Crippen molar-refractivity contribution in [2.24, 2.45) is 0 Å². The Morgan fingerprint density at radius 3 is 2.18 bits per heavy atom. The van der Waals surface area contributed by atoms with E-state index in [0.29, 0.717) is 5.57 Å². The minimum atomic E-state index is -0.587. The number of carbonyl (C=O) groups is 2. The molecule has 0 heterocycles. The summed E-state index contributed by atoms with van der Waals surface area (Å²) in [6.45, 7) is 1.54. The first kappa shape index (κ1) is 10.4. The first-order valence-corrected chi connectivity index (χ1v) is 3.54. The van der Waals surface area contributed by atoms with Gasteiger partial charge in [0.2, 0.25) is 10.5 Å². The molecule has 11 heavy (non-hydrogen) atoms. The average molecular weight is 193 g/mol. The number of rotatable bonds is 3. The van der Waals surface area contributed by atoms with Crippen LogP contribution in [-0.4, -0.2) is 10.5 Å². The molecule has 4 heteroatoms. The molecule has 0 fully saturated rings. The third-order valence-corrected chi connectivity index (χ3v) is 1.31. The number of halogens is 2. The fourth-order valence-corrected chi connectivity index (χ4v) is 0.469. The van der Waals surface area contributed by atoms with Gasteiger partial charge in [0.15, 0.2) is 0 Å². The lowest BCUT2D eigenvalue weighted by molar-refractivity contribution is -0.109. The molecule has 60 valence electrons. The molecule has 0 radical (unpaired) electrons. The Kier molecular flexibility index (Phi) is 4.83. The largest absolute Gasteiger partial charge is 0.276 e. The highest BCUT2D eigenvalue weighted by molar-refractivity contribution is 6.67. The third kappa shape index (κ3) is 5.83. The van der Waals surface area contributed by atoms with Gasteiger partial charge in [-0.1, -0.05) is 12.2 Å². The Hall–Kier alpha value is -0.600. The van der Waals surface area contributed by atoms with Crippen LogP contribution < -0.4 is 0 Å². The third-order valence-electron chi connectivity index (χ3n) is 0.884. The summed E-state index contributed by atoms with van der Waals surface area (Å²) in [4.78, 5) is 20.5. The van der Waals surface area contributed by atoms with Crippen molar-refractivity contribution in [1.29, 1.82) is 0 Å². The van der Waals surface area contributed by atoms with E-state index in [1.807, 2.05) is 0 Å². The van der Waals surface area contributed by atoms with Crippen molar-refractivity contribution in [1.82, 2.24) is 0 Å². The van der Waals surface area contributed by atoms with E-state index in [0.717, 1.165) is 6.08 Å². The Labute approximate surface area is 74.5 Å². The molecule has 0 aliphatic heterocycles. The average Bonchev–Trinajstić information content (AvgIpc) is 1.86. The van der Waals surface area contributed by atoms with Gasteiger partial charge in [0.1, 0.15) is 0 Å². The van der Waals surface area contributed by atoms with Crippen LogP contribution in [0, 0.1) is 0 Å². The minimum Gasteiger partial charge on any atom is -0.276 e. The van der Waals surface area contributed by atoms with Crippen molar-refractivity contribution in [2.75, 3.05) is 0 Å². The van der Waals surface area contributed by atoms with Gasteiger partial charge in [-0.3, -0.25) is 9.59 Å². The molecule has 0 aliphatic carbocycles. The van der Waals surface area contributed by atoms with Crippen LogP contribution in [-0.2, 0) is 9.59 Å². The van der Waals surface area contributed by atoms with Gasteiger partial charge in [0.05, 0.1) is 0 Å². The predicted molar refractivity (Wildman–Crippen MR) is 44.6 cm³/mol. The van der Waals surface area contributed by atoms with Crippen LogP contribution in [0.3, 0.4) is 0 Å². The van der Waals surface area contributed by atoms with E-state index in [1.165, 1.54) is 12.2 Å². The van der Waals surface area contributed by atoms with Crippen LogP contribution in [0.4, 0.5) is 0 Å². The summed E-state index contributed by atoms with van der Waals surface area (Å²) in [7, 11) is 0. The second kappa shape index (κ2) is 5.10. The van der Waals surface area contributed by atoms with E-state index in [2.05, 4.69) is 0 Å². The number of carbonyl (C=O) groups excluding carboxylic acids is 2. The van der Waals surface area contributed by atoms with Gasteiger partial charge < -0.3 is 0 Å². The monoisotopic (exact) mass is 192 g/mol. The molecular weight excluding hydrogens is 187 g/mol. The number of hydrogen-bond donors (Lipinski definition) is 0. The highest BCUT2D eigenvalue weighted by atomic mass is 35.5. The molecular formula is C7H6Cl2O2. The topological polar surface area (TPSA) is 34.1 Å². The van der Waals surface area contributed by atoms with Crippen molar-refractivity contribution in [2.45, 2.75) is 6.92 Å². The van der Waals surface area contributed by atoms with Gasteiger partial charge in [-0.2, -0.15) is 0 Å². The molecule has 0 atom stereocenters. The normalized spacial score (nSPS) is 12.1. The zero-order valence-corrected chi connectivity index (χ0v) is 7.32. The van der Waals surface area contributed by atoms with E-state index in [9.17, 15) is 9.59 Å². The van der Waals surface area contributed by atoms with Crippen LogP contribution in [0.25, 0.3) is 0 Å². The Morgan fingerprint density at radius 2 is 1.82 bits per heavy atom. The van der Waals surface area contributed by atoms with Gasteiger partial charge in [-0.15, -0.1) is 0 Å². The Morgan fingerprint density at radius 1 is 1.27 bits per heavy atom. The summed E-state index contributed by atoms with van der Waals surface area (Å²) in [6.07, 6.45) is 3.91. The first-order chi connectivity index (χ1) is 5.04. The summed E-state index contributed by atoms with van der Waals surface area (Å²) in [5, 5.41) is -1.13. The number of allylic oxidation sites excluding steroid dienone is 4. The lowest BCUT2D eigenvalue weighted by Gasteiger charge is -1.85. The quantitative estimate of drug-likeness (QED) is 0.390. The molecule has 0 spiro atoms. The van der Waals surface area contributed by atoms with Crippen LogP contribution in [0.5, 0.6) is 0 Å². The van der Waals surface area contributed by atoms with E-state index < -0.39 is 10.5 Å². The second-order valence-corrected chi connectivity index (χ2v) is 2.50. The fourth-order valence-electron chi connectivity index (χ4n) is 0.334. The predicted octanol–water partition coefficient (Wildman–Crippen LogP) is 2.02. The maximum atomic E-state index is 10.4. The van der Waals surface area contributed by atoms with E-state index >= 15 is 0 Å². The lowest BCUT2D eigenvalue weighted by Crippen LogP contribution is -1.85. The summed E-state index contributed by atoms with van der Waals surface area (Å²) in [5.74, 6) is 0. The summed E-state index contributed by atoms with van der Waals surface area (Å²) in [6, 6.07) is 0. The molecule has 0 amide bonds. The Balaban J connectivity index is 4.13. The minimum absolute atomic E-state index is 0.362. The van der Waals surface area contributed by atoms with E-state index in [4.69, 9.17) is 23.2 Å². The Bertz CT molecular complexity index is 229. The first-order valence-electron chi connectivity index (χ1n) is 2.78. The summed E-state index contributed by atoms with van der Waals surface area (Å²) in [5.41, 5.74) is 0.362. The van der Waals surface area contributed by atoms with Crippen LogP contribution in [0.2, 0.25) is 0 Å². The molecule has 0 bridgehead atoms. The lowest BCUT2D eigenvalue weighted by atomic mass is 10.3. The molecule has 0 aliphatic rings. The fraction of sp³-hybridized carbons (Fsp3) is 0.143. The number of hydrogen-bond acceptors (Lipinski definition) is 2. The van der Waals surface area contributed by atoms with Crippen molar-refractivity contribution in [3.05, 3.63) is 23.8 Å². The smallest absolute Gasteiger partial charge is 0.248 e. The van der Waals surface area contributed by atoms with Crippen molar-refractivity contribution in [3.8, 4) is 0 Å². The molecule has 0 N–H and O–H groups in total. The highest BCUT2D eigenvalue weighted by Gasteiger charge is 1.94. The summed E-state index contributed by atoms with van der Waals surface area (Å²) < 4.78 is 0. The van der Waals surface area contributed by atoms with E-state index in [-0.39, 0.29) is 0 Å². The molecule has 0 aromatic carbocycles. The zero-order valence-electron chi connectivity index (χ0n) is 5.80. The van der Waals surface area contributed by atoms with Gasteiger partial charge >= 0.3 is 0 Å². The molecule has 0 unspecified atom stereocenters.